The summed E-state index contributed by atoms with van der Waals surface area (Å²) in [4.78, 5) is 0. The summed E-state index contributed by atoms with van der Waals surface area (Å²) < 4.78 is 5.09. The molecule has 0 spiro atoms. The molecule has 0 atom stereocenters. The molecule has 0 fully saturated rings. The molecule has 2 aliphatic rings. The predicted molar refractivity (Wildman–Crippen MR) is 283 cm³/mol. The Balaban J connectivity index is 1.09. The quantitative estimate of drug-likeness (QED) is 0.153. The van der Waals surface area contributed by atoms with Gasteiger partial charge < -0.3 is 9.13 Å². The number of nitrogens with zero attached hydrogens (tertiary/aromatic N) is 2. The Morgan fingerprint density at radius 1 is 0.369 bits per heavy atom. The van der Waals surface area contributed by atoms with Crippen molar-refractivity contribution in [2.75, 3.05) is 0 Å². The van der Waals surface area contributed by atoms with E-state index in [4.69, 9.17) is 0 Å². The molecule has 4 heterocycles. The average molecular weight is 843 g/mol. The van der Waals surface area contributed by atoms with E-state index in [0.29, 0.717) is 0 Å². The normalized spacial score (nSPS) is 13.8. The van der Waals surface area contributed by atoms with E-state index in [0.717, 1.165) is 0 Å². The van der Waals surface area contributed by atoms with Gasteiger partial charge in [0, 0.05) is 38.4 Å². The molecule has 0 radical (unpaired) electrons. The van der Waals surface area contributed by atoms with E-state index < -0.39 is 0 Å². The molecule has 0 N–H and O–H groups in total. The standard InChI is InChI=1S/C62H59BN2/c1-59(2,3)37-22-27-52-46(31-37)47-32-38(60(4,5)6)23-28-53(47)64(52)41-17-13-16-36(30-41)42-25-26-44-45-19-15-21-55-57(45)63(50-20-14-18-43(42)56(44)50)51-35-40(62(10,11)12)34-49-48-33-39(61(7,8)9)24-29-54(48)65(55)58(49)51/h13-35H,1-12H3. The maximum absolute atomic E-state index is 2.60. The number of benzene rings is 8. The van der Waals surface area contributed by atoms with Gasteiger partial charge in [-0.1, -0.05) is 167 Å². The fourth-order valence-corrected chi connectivity index (χ4v) is 11.5. The van der Waals surface area contributed by atoms with E-state index in [1.54, 1.807) is 0 Å². The number of hydrogen-bond donors (Lipinski definition) is 0. The zero-order chi connectivity index (χ0) is 45.3. The lowest BCUT2D eigenvalue weighted by Crippen LogP contribution is -2.58. The first-order chi connectivity index (χ1) is 30.8. The molecule has 0 saturated heterocycles. The summed E-state index contributed by atoms with van der Waals surface area (Å²) in [5, 5.41) is 8.03. The third-order valence-corrected chi connectivity index (χ3v) is 15.1. The van der Waals surface area contributed by atoms with Gasteiger partial charge in [0.25, 0.3) is 0 Å². The third-order valence-electron chi connectivity index (χ3n) is 15.1. The van der Waals surface area contributed by atoms with Crippen molar-refractivity contribution in [3.63, 3.8) is 0 Å². The molecule has 2 aliphatic heterocycles. The summed E-state index contributed by atoms with van der Waals surface area (Å²) in [6.45, 7) is 28.1. The van der Waals surface area contributed by atoms with Crippen LogP contribution in [0.1, 0.15) is 105 Å². The summed E-state index contributed by atoms with van der Waals surface area (Å²) in [5.41, 5.74) is 22.7. The van der Waals surface area contributed by atoms with Crippen LogP contribution in [-0.2, 0) is 21.7 Å². The summed E-state index contributed by atoms with van der Waals surface area (Å²) in [6.07, 6.45) is 0. The first-order valence-electron chi connectivity index (χ1n) is 23.8. The minimum atomic E-state index is -0.0164. The van der Waals surface area contributed by atoms with Crippen LogP contribution < -0.4 is 16.4 Å². The second-order valence-corrected chi connectivity index (χ2v) is 23.5. The van der Waals surface area contributed by atoms with Crippen molar-refractivity contribution in [2.45, 2.75) is 105 Å². The first kappa shape index (κ1) is 40.2. The van der Waals surface area contributed by atoms with E-state index in [-0.39, 0.29) is 28.4 Å². The van der Waals surface area contributed by atoms with Crippen LogP contribution in [0.5, 0.6) is 0 Å². The number of rotatable bonds is 2. The van der Waals surface area contributed by atoms with Gasteiger partial charge in [0.05, 0.1) is 16.6 Å². The minimum absolute atomic E-state index is 0.0164. The lowest BCUT2D eigenvalue weighted by molar-refractivity contribution is 0.590. The SMILES string of the molecule is CC(C)(C)c1ccc2c(c1)c1cc(C(C)(C)C)ccc1n2-c1cccc(-c2ccc3c4c(cccc24)B2c4c-3cccc4-n3c4ccc(C(C)(C)C)cc4c4cc(C(C)(C)C)cc2c43)c1. The molecule has 0 bridgehead atoms. The van der Waals surface area contributed by atoms with Crippen molar-refractivity contribution >= 4 is 77.5 Å². The summed E-state index contributed by atoms with van der Waals surface area (Å²) >= 11 is 0. The lowest BCUT2D eigenvalue weighted by Gasteiger charge is -2.35. The van der Waals surface area contributed by atoms with E-state index in [2.05, 4.69) is 232 Å². The molecule has 12 rings (SSSR count). The van der Waals surface area contributed by atoms with Crippen LogP contribution in [0.2, 0.25) is 0 Å². The molecule has 2 aromatic heterocycles. The second-order valence-electron chi connectivity index (χ2n) is 23.5. The Morgan fingerprint density at radius 2 is 0.892 bits per heavy atom. The van der Waals surface area contributed by atoms with E-state index >= 15 is 0 Å². The zero-order valence-electron chi connectivity index (χ0n) is 40.3. The highest BCUT2D eigenvalue weighted by Gasteiger charge is 2.40. The van der Waals surface area contributed by atoms with Crippen molar-refractivity contribution in [3.8, 4) is 33.6 Å². The van der Waals surface area contributed by atoms with Crippen molar-refractivity contribution < 1.29 is 0 Å². The molecule has 10 aromatic rings. The summed E-state index contributed by atoms with van der Waals surface area (Å²) in [7, 11) is 0. The monoisotopic (exact) mass is 842 g/mol. The molecule has 0 amide bonds. The van der Waals surface area contributed by atoms with Crippen molar-refractivity contribution in [1.29, 1.82) is 0 Å². The van der Waals surface area contributed by atoms with Gasteiger partial charge in [-0.25, -0.2) is 0 Å². The highest BCUT2D eigenvalue weighted by molar-refractivity contribution is 7.01. The van der Waals surface area contributed by atoms with Crippen LogP contribution in [0, 0.1) is 0 Å². The Labute approximate surface area is 385 Å². The Kier molecular flexibility index (Phi) is 8.14. The first-order valence-corrected chi connectivity index (χ1v) is 23.8. The van der Waals surface area contributed by atoms with Gasteiger partial charge in [0.2, 0.25) is 6.71 Å². The molecular formula is C62H59BN2. The fourth-order valence-electron chi connectivity index (χ4n) is 11.5. The van der Waals surface area contributed by atoms with Crippen LogP contribution in [-0.4, -0.2) is 15.8 Å². The van der Waals surface area contributed by atoms with Crippen molar-refractivity contribution in [3.05, 3.63) is 162 Å². The molecular weight excluding hydrogens is 784 g/mol. The summed E-state index contributed by atoms with van der Waals surface area (Å²) in [6, 6.07) is 54.8. The van der Waals surface area contributed by atoms with E-state index in [9.17, 15) is 0 Å². The molecule has 0 saturated carbocycles. The Morgan fingerprint density at radius 3 is 1.49 bits per heavy atom. The molecule has 3 heteroatoms. The number of aromatic nitrogens is 2. The highest BCUT2D eigenvalue weighted by Crippen LogP contribution is 2.44. The number of fused-ring (bicyclic) bond motifs is 10. The second kappa shape index (κ2) is 13.2. The molecule has 0 unspecified atom stereocenters. The summed E-state index contributed by atoms with van der Waals surface area (Å²) in [5.74, 6) is 0. The lowest BCUT2D eigenvalue weighted by atomic mass is 9.32. The minimum Gasteiger partial charge on any atom is -0.310 e. The van der Waals surface area contributed by atoms with Gasteiger partial charge in [-0.3, -0.25) is 0 Å². The predicted octanol–water partition coefficient (Wildman–Crippen LogP) is 14.7. The maximum atomic E-state index is 2.60. The average Bonchev–Trinajstić information content (AvgIpc) is 3.77. The highest BCUT2D eigenvalue weighted by atomic mass is 15.0. The van der Waals surface area contributed by atoms with Gasteiger partial charge in [-0.15, -0.1) is 0 Å². The number of hydrogen-bond acceptors (Lipinski definition) is 0. The molecule has 320 valence electrons. The van der Waals surface area contributed by atoms with Crippen LogP contribution >= 0.6 is 0 Å². The van der Waals surface area contributed by atoms with E-state index in [1.165, 1.54) is 127 Å². The zero-order valence-corrected chi connectivity index (χ0v) is 40.3. The van der Waals surface area contributed by atoms with Gasteiger partial charge >= 0.3 is 0 Å². The van der Waals surface area contributed by atoms with E-state index in [1.807, 2.05) is 0 Å². The molecule has 0 aliphatic carbocycles. The van der Waals surface area contributed by atoms with Crippen LogP contribution in [0.4, 0.5) is 0 Å². The fraction of sp³-hybridized carbons (Fsp3) is 0.258. The van der Waals surface area contributed by atoms with Crippen molar-refractivity contribution in [2.24, 2.45) is 0 Å². The van der Waals surface area contributed by atoms with Gasteiger partial charge in [0.15, 0.2) is 0 Å². The Bertz CT molecular complexity index is 3620. The van der Waals surface area contributed by atoms with Crippen LogP contribution in [0.25, 0.3) is 88.0 Å². The van der Waals surface area contributed by atoms with Gasteiger partial charge in [-0.05, 0) is 149 Å². The van der Waals surface area contributed by atoms with Gasteiger partial charge in [-0.2, -0.15) is 0 Å². The smallest absolute Gasteiger partial charge is 0.248 e. The van der Waals surface area contributed by atoms with Crippen LogP contribution in [0.15, 0.2) is 140 Å². The largest absolute Gasteiger partial charge is 0.310 e. The topological polar surface area (TPSA) is 9.86 Å². The van der Waals surface area contributed by atoms with Gasteiger partial charge in [0.1, 0.15) is 0 Å². The molecule has 8 aromatic carbocycles. The molecule has 2 nitrogen and oxygen atoms in total. The maximum Gasteiger partial charge on any atom is 0.248 e. The van der Waals surface area contributed by atoms with Crippen molar-refractivity contribution in [1.82, 2.24) is 9.13 Å². The Hall–Kier alpha value is -6.32. The molecule has 65 heavy (non-hydrogen) atoms. The third kappa shape index (κ3) is 5.80. The van der Waals surface area contributed by atoms with Crippen LogP contribution in [0.3, 0.4) is 0 Å².